The zero-order valence-corrected chi connectivity index (χ0v) is 24.7. The molecule has 0 amide bonds. The number of hydrogen-bond acceptors (Lipinski definition) is 13. The lowest BCUT2D eigenvalue weighted by atomic mass is 10.1. The smallest absolute Gasteiger partial charge is 0.296 e. The van der Waals surface area contributed by atoms with E-state index >= 15 is 0 Å². The zero-order valence-electron chi connectivity index (χ0n) is 21.5. The first-order chi connectivity index (χ1) is 20.7. The van der Waals surface area contributed by atoms with Crippen LogP contribution in [0.1, 0.15) is 0 Å². The summed E-state index contributed by atoms with van der Waals surface area (Å²) in [4.78, 5) is -3.69. The lowest BCUT2D eigenvalue weighted by Gasteiger charge is -2.14. The monoisotopic (exact) mass is 707 g/mol. The molecule has 0 saturated carbocycles. The molecule has 0 radical (unpaired) electrons. The summed E-state index contributed by atoms with van der Waals surface area (Å²) in [5, 5.41) is 23.9. The number of nitrogen functional groups attached to an aromatic ring is 1. The summed E-state index contributed by atoms with van der Waals surface area (Å²) in [6.07, 6.45) is 0. The third-order valence-corrected chi connectivity index (χ3v) is 9.00. The van der Waals surface area contributed by atoms with E-state index < -0.39 is 107 Å². The number of anilines is 1. The van der Waals surface area contributed by atoms with E-state index in [0.717, 1.165) is 0 Å². The molecule has 23 heteroatoms. The average Bonchev–Trinajstić information content (AvgIpc) is 2.91. The zero-order chi connectivity index (χ0) is 33.6. The molecule has 0 aliphatic carbocycles. The van der Waals surface area contributed by atoms with Crippen LogP contribution in [0, 0.1) is 11.6 Å². The molecule has 0 fully saturated rings. The number of rotatable bonds is 8. The Bertz CT molecular complexity index is 2320. The van der Waals surface area contributed by atoms with Crippen LogP contribution in [-0.4, -0.2) is 52.8 Å². The summed E-state index contributed by atoms with van der Waals surface area (Å²) in [5.74, 6) is -4.66. The molecule has 0 bridgehead atoms. The van der Waals surface area contributed by atoms with Gasteiger partial charge in [-0.25, -0.2) is 13.0 Å². The highest BCUT2D eigenvalue weighted by Crippen LogP contribution is 2.48. The highest BCUT2D eigenvalue weighted by molar-refractivity contribution is 7.86. The molecule has 45 heavy (non-hydrogen) atoms. The Labute approximate surface area is 253 Å². The molecule has 7 N–H and O–H groups in total. The molecule has 1 unspecified atom stereocenters. The molecule has 1 atom stereocenters. The van der Waals surface area contributed by atoms with E-state index in [1.54, 1.807) is 0 Å². The third kappa shape index (κ3) is 6.99. The molecule has 0 aromatic heterocycles. The van der Waals surface area contributed by atoms with Crippen molar-refractivity contribution in [2.75, 3.05) is 5.73 Å². The van der Waals surface area contributed by atoms with E-state index in [9.17, 15) is 57.0 Å². The average molecular weight is 708 g/mol. The second kappa shape index (κ2) is 11.9. The van der Waals surface area contributed by atoms with Crippen molar-refractivity contribution in [3.8, 4) is 5.75 Å². The largest absolute Gasteiger partial charge is 0.505 e. The van der Waals surface area contributed by atoms with E-state index in [1.807, 2.05) is 0 Å². The lowest BCUT2D eigenvalue weighted by molar-refractivity contribution is 0.471. The van der Waals surface area contributed by atoms with Gasteiger partial charge in [0.1, 0.15) is 31.7 Å². The van der Waals surface area contributed by atoms with Crippen LogP contribution >= 0.6 is 0 Å². The predicted molar refractivity (Wildman–Crippen MR) is 150 cm³/mol. The Morgan fingerprint density at radius 2 is 1.18 bits per heavy atom. The minimum Gasteiger partial charge on any atom is -0.505 e. The van der Waals surface area contributed by atoms with Gasteiger partial charge in [0.15, 0.2) is 28.5 Å². The SMILES string of the molecule is Nc1c(N=Nc2ccc(S(=O)O)cc2)c(S(=O)(=O)O)cc2cc(S(=O)(=O)O)c(N=Nc3cc(F)c(F)cc3S(=O)(=O)O)c(O)c12. The van der Waals surface area contributed by atoms with Gasteiger partial charge >= 0.3 is 0 Å². The number of fused-ring (bicyclic) bond motifs is 1. The molecule has 238 valence electrons. The molecule has 4 rings (SSSR count). The molecule has 0 spiro atoms. The van der Waals surface area contributed by atoms with Gasteiger partial charge in [-0.1, -0.05) is 0 Å². The van der Waals surface area contributed by atoms with Gasteiger partial charge in [0.25, 0.3) is 30.4 Å². The highest BCUT2D eigenvalue weighted by atomic mass is 32.2. The van der Waals surface area contributed by atoms with E-state index in [-0.39, 0.29) is 22.7 Å². The normalized spacial score (nSPS) is 13.6. The second-order valence-corrected chi connectivity index (χ2v) is 13.7. The Hall–Kier alpha value is -4.36. The molecule has 0 heterocycles. The van der Waals surface area contributed by atoms with Crippen LogP contribution in [0.5, 0.6) is 5.75 Å². The van der Waals surface area contributed by atoms with Crippen molar-refractivity contribution in [2.45, 2.75) is 19.6 Å². The summed E-state index contributed by atoms with van der Waals surface area (Å²) in [6, 6.07) is 6.06. The maximum absolute atomic E-state index is 13.8. The Kier molecular flexibility index (Phi) is 8.84. The van der Waals surface area contributed by atoms with Gasteiger partial charge in [0.05, 0.1) is 21.7 Å². The Balaban J connectivity index is 2.03. The predicted octanol–water partition coefficient (Wildman–Crippen LogP) is 4.56. The van der Waals surface area contributed by atoms with Crippen molar-refractivity contribution in [1.29, 1.82) is 0 Å². The maximum Gasteiger partial charge on any atom is 0.296 e. The molecule has 0 saturated heterocycles. The first-order valence-corrected chi connectivity index (χ1v) is 16.7. The van der Waals surface area contributed by atoms with Crippen LogP contribution < -0.4 is 5.73 Å². The number of nitrogens with two attached hydrogens (primary N) is 1. The van der Waals surface area contributed by atoms with Crippen molar-refractivity contribution in [3.63, 3.8) is 0 Å². The van der Waals surface area contributed by atoms with Crippen molar-refractivity contribution >= 4 is 80.6 Å². The number of benzene rings is 4. The molecule has 0 aliphatic rings. The van der Waals surface area contributed by atoms with Crippen LogP contribution in [-0.2, 0) is 41.4 Å². The fraction of sp³-hybridized carbons (Fsp3) is 0. The minimum atomic E-state index is -5.38. The Morgan fingerprint density at radius 3 is 1.69 bits per heavy atom. The summed E-state index contributed by atoms with van der Waals surface area (Å²) >= 11 is -2.33. The minimum absolute atomic E-state index is 0.0217. The molecule has 17 nitrogen and oxygen atoms in total. The number of halogens is 2. The van der Waals surface area contributed by atoms with Gasteiger partial charge in [0.2, 0.25) is 0 Å². The fourth-order valence-corrected chi connectivity index (χ4v) is 6.06. The van der Waals surface area contributed by atoms with Gasteiger partial charge < -0.3 is 15.4 Å². The number of nitrogens with zero attached hydrogens (tertiary/aromatic N) is 4. The molecular formula is C22H15F2N5O12S4. The van der Waals surface area contributed by atoms with Gasteiger partial charge in [-0.3, -0.25) is 13.7 Å². The molecule has 4 aromatic rings. The van der Waals surface area contributed by atoms with Crippen LogP contribution in [0.25, 0.3) is 10.8 Å². The standard InChI is InChI=1S/C22H15F2N5O12S4/c23-12-7-14(15(8-13(12)24)43(33,34)35)27-29-21-17(45(39,40)41)6-9-5-16(44(36,37)38)20(19(25)18(9)22(21)30)28-26-10-1-3-11(4-2-10)42(31)32/h1-8,30H,25H2,(H,31,32)(H,33,34,35)(H,36,37,38)(H,39,40,41). The number of azo groups is 2. The highest BCUT2D eigenvalue weighted by Gasteiger charge is 2.28. The summed E-state index contributed by atoms with van der Waals surface area (Å²) in [7, 11) is -15.9. The summed E-state index contributed by atoms with van der Waals surface area (Å²) in [5.41, 5.74) is 2.17. The second-order valence-electron chi connectivity index (χ2n) is 8.61. The van der Waals surface area contributed by atoms with Gasteiger partial charge in [-0.05, 0) is 41.8 Å². The first-order valence-electron chi connectivity index (χ1n) is 11.3. The van der Waals surface area contributed by atoms with E-state index in [0.29, 0.717) is 12.1 Å². The lowest BCUT2D eigenvalue weighted by Crippen LogP contribution is -2.04. The maximum atomic E-state index is 13.8. The van der Waals surface area contributed by atoms with Crippen LogP contribution in [0.4, 0.5) is 37.2 Å². The van der Waals surface area contributed by atoms with Crippen LogP contribution in [0.2, 0.25) is 0 Å². The van der Waals surface area contributed by atoms with Crippen LogP contribution in [0.3, 0.4) is 0 Å². The number of aromatic hydroxyl groups is 1. The van der Waals surface area contributed by atoms with Gasteiger partial charge in [0, 0.05) is 12.1 Å². The first kappa shape index (κ1) is 33.5. The summed E-state index contributed by atoms with van der Waals surface area (Å²) in [6.45, 7) is 0. The van der Waals surface area contributed by atoms with Crippen molar-refractivity contribution in [1.82, 2.24) is 0 Å². The molecule has 0 aliphatic heterocycles. The third-order valence-electron chi connectivity index (χ3n) is 5.71. The van der Waals surface area contributed by atoms with Crippen molar-refractivity contribution in [3.05, 3.63) is 60.2 Å². The number of hydrogen-bond donors (Lipinski definition) is 6. The summed E-state index contributed by atoms with van der Waals surface area (Å²) < 4.78 is 149. The van der Waals surface area contributed by atoms with Gasteiger partial charge in [-0.15, -0.1) is 15.3 Å². The number of phenols is 1. The Morgan fingerprint density at radius 1 is 0.689 bits per heavy atom. The van der Waals surface area contributed by atoms with Crippen molar-refractivity contribution < 1.29 is 61.6 Å². The quantitative estimate of drug-likeness (QED) is 0.0634. The topological polar surface area (TPSA) is 296 Å². The van der Waals surface area contributed by atoms with E-state index in [4.69, 9.17) is 10.3 Å². The van der Waals surface area contributed by atoms with E-state index in [1.165, 1.54) is 24.3 Å². The van der Waals surface area contributed by atoms with Crippen LogP contribution in [0.15, 0.2) is 88.6 Å². The number of phenolic OH excluding ortho intramolecular Hbond substituents is 1. The molecule has 4 aromatic carbocycles. The fourth-order valence-electron chi connectivity index (χ4n) is 3.75. The van der Waals surface area contributed by atoms with E-state index in [2.05, 4.69) is 20.5 Å². The van der Waals surface area contributed by atoms with Gasteiger partial charge in [-0.2, -0.15) is 30.4 Å². The van der Waals surface area contributed by atoms with Crippen molar-refractivity contribution in [2.24, 2.45) is 20.5 Å². The molecular weight excluding hydrogens is 693 g/mol.